The van der Waals surface area contributed by atoms with Crippen LogP contribution < -0.4 is 11.1 Å². The third-order valence-corrected chi connectivity index (χ3v) is 2.89. The molecule has 0 unspecified atom stereocenters. The first-order valence-corrected chi connectivity index (χ1v) is 6.02. The van der Waals surface area contributed by atoms with Gasteiger partial charge < -0.3 is 16.2 Å². The molecule has 1 heterocycles. The number of anilines is 2. The molecule has 1 aromatic heterocycles. The number of aliphatic hydroxyl groups excluding tert-OH is 1. The van der Waals surface area contributed by atoms with Crippen LogP contribution in [0.3, 0.4) is 0 Å². The Balaban J connectivity index is 2.51. The van der Waals surface area contributed by atoms with E-state index in [0.29, 0.717) is 0 Å². The van der Waals surface area contributed by atoms with Gasteiger partial charge in [-0.15, -0.1) is 0 Å². The maximum absolute atomic E-state index is 8.84. The Hall–Kier alpha value is -1.29. The summed E-state index contributed by atoms with van der Waals surface area (Å²) in [5.41, 5.74) is 7.44. The van der Waals surface area contributed by atoms with Gasteiger partial charge in [0, 0.05) is 13.2 Å². The van der Waals surface area contributed by atoms with Crippen molar-refractivity contribution >= 4 is 11.5 Å². The van der Waals surface area contributed by atoms with Crippen LogP contribution in [0.4, 0.5) is 11.5 Å². The summed E-state index contributed by atoms with van der Waals surface area (Å²) in [6.07, 6.45) is 1.83. The molecule has 0 spiro atoms. The van der Waals surface area contributed by atoms with Gasteiger partial charge in [0.25, 0.3) is 0 Å². The molecule has 17 heavy (non-hydrogen) atoms. The largest absolute Gasteiger partial charge is 0.397 e. The summed E-state index contributed by atoms with van der Waals surface area (Å²) < 4.78 is 0. The van der Waals surface area contributed by atoms with E-state index in [-0.39, 0.29) is 12.0 Å². The molecule has 0 atom stereocenters. The first-order chi connectivity index (χ1) is 7.94. The highest BCUT2D eigenvalue weighted by molar-refractivity contribution is 5.49. The lowest BCUT2D eigenvalue weighted by Gasteiger charge is -2.25. The van der Waals surface area contributed by atoms with Crippen LogP contribution in [-0.4, -0.2) is 23.2 Å². The minimum absolute atomic E-state index is 0.152. The van der Waals surface area contributed by atoms with E-state index in [1.165, 1.54) is 0 Å². The lowest BCUT2D eigenvalue weighted by molar-refractivity contribution is 0.248. The van der Waals surface area contributed by atoms with E-state index in [9.17, 15) is 0 Å². The molecule has 0 aliphatic rings. The summed E-state index contributed by atoms with van der Waals surface area (Å²) in [5.74, 6) is 0.855. The maximum atomic E-state index is 8.84. The molecule has 0 amide bonds. The highest BCUT2D eigenvalue weighted by Gasteiger charge is 2.17. The lowest BCUT2D eigenvalue weighted by atomic mass is 9.88. The van der Waals surface area contributed by atoms with Crippen molar-refractivity contribution < 1.29 is 5.11 Å². The van der Waals surface area contributed by atoms with E-state index in [1.54, 1.807) is 0 Å². The number of aliphatic hydroxyl groups is 1. The minimum atomic E-state index is 0.152. The van der Waals surface area contributed by atoms with Crippen LogP contribution in [0.2, 0.25) is 0 Å². The number of rotatable bonds is 6. The summed E-state index contributed by atoms with van der Waals surface area (Å²) in [6, 6.07) is 3.76. The number of nitrogens with one attached hydrogen (secondary N) is 1. The molecule has 0 bridgehead atoms. The number of aromatic nitrogens is 1. The van der Waals surface area contributed by atoms with Crippen molar-refractivity contribution in [2.75, 3.05) is 24.2 Å². The van der Waals surface area contributed by atoms with Crippen LogP contribution >= 0.6 is 0 Å². The second-order valence-electron chi connectivity index (χ2n) is 5.22. The summed E-state index contributed by atoms with van der Waals surface area (Å²) in [7, 11) is 0. The Kier molecular flexibility index (Phi) is 4.75. The topological polar surface area (TPSA) is 71.2 Å². The Morgan fingerprint density at radius 1 is 1.41 bits per heavy atom. The SMILES string of the molecule is Cc1nc(NCC(C)(C)CCCO)ccc1N. The fraction of sp³-hybridized carbons (Fsp3) is 0.615. The van der Waals surface area contributed by atoms with Gasteiger partial charge in [0.05, 0.1) is 11.4 Å². The molecule has 1 aromatic rings. The molecule has 0 saturated heterocycles. The van der Waals surface area contributed by atoms with Crippen LogP contribution in [0.5, 0.6) is 0 Å². The fourth-order valence-corrected chi connectivity index (χ4v) is 1.65. The van der Waals surface area contributed by atoms with Gasteiger partial charge in [-0.05, 0) is 37.3 Å². The van der Waals surface area contributed by atoms with Crippen molar-refractivity contribution in [3.8, 4) is 0 Å². The monoisotopic (exact) mass is 237 g/mol. The number of nitrogens with zero attached hydrogens (tertiary/aromatic N) is 1. The van der Waals surface area contributed by atoms with E-state index in [4.69, 9.17) is 10.8 Å². The Bertz CT molecular complexity index is 364. The predicted molar refractivity (Wildman–Crippen MR) is 72.0 cm³/mol. The number of nitrogen functional groups attached to an aromatic ring is 1. The van der Waals surface area contributed by atoms with Gasteiger partial charge in [-0.3, -0.25) is 0 Å². The molecule has 0 radical (unpaired) electrons. The van der Waals surface area contributed by atoms with Crippen molar-refractivity contribution in [2.45, 2.75) is 33.6 Å². The maximum Gasteiger partial charge on any atom is 0.126 e. The van der Waals surface area contributed by atoms with Crippen LogP contribution in [0, 0.1) is 12.3 Å². The minimum Gasteiger partial charge on any atom is -0.397 e. The summed E-state index contributed by atoms with van der Waals surface area (Å²) in [4.78, 5) is 4.37. The molecule has 0 aliphatic heterocycles. The highest BCUT2D eigenvalue weighted by Crippen LogP contribution is 2.23. The van der Waals surface area contributed by atoms with Crippen LogP contribution in [-0.2, 0) is 0 Å². The zero-order chi connectivity index (χ0) is 12.9. The quantitative estimate of drug-likeness (QED) is 0.709. The van der Waals surface area contributed by atoms with Gasteiger partial charge in [-0.25, -0.2) is 4.98 Å². The Morgan fingerprint density at radius 2 is 2.12 bits per heavy atom. The molecular formula is C13H23N3O. The Morgan fingerprint density at radius 3 is 2.71 bits per heavy atom. The number of nitrogens with two attached hydrogens (primary N) is 1. The van der Waals surface area contributed by atoms with Crippen LogP contribution in [0.1, 0.15) is 32.4 Å². The Labute approximate surface area is 103 Å². The smallest absolute Gasteiger partial charge is 0.126 e. The number of aryl methyl sites for hydroxylation is 1. The second kappa shape index (κ2) is 5.87. The van der Waals surface area contributed by atoms with Crippen molar-refractivity contribution in [3.05, 3.63) is 17.8 Å². The summed E-state index contributed by atoms with van der Waals surface area (Å²) >= 11 is 0. The van der Waals surface area contributed by atoms with Crippen molar-refractivity contribution in [1.29, 1.82) is 0 Å². The third kappa shape index (κ3) is 4.61. The molecule has 4 nitrogen and oxygen atoms in total. The number of hydrogen-bond donors (Lipinski definition) is 3. The van der Waals surface area contributed by atoms with Gasteiger partial charge in [0.1, 0.15) is 5.82 Å². The van der Waals surface area contributed by atoms with E-state index >= 15 is 0 Å². The van der Waals surface area contributed by atoms with Gasteiger partial charge in [0.2, 0.25) is 0 Å². The van der Waals surface area contributed by atoms with E-state index in [2.05, 4.69) is 24.1 Å². The molecule has 0 saturated carbocycles. The predicted octanol–water partition coefficient (Wildman–Crippen LogP) is 2.18. The molecule has 0 aromatic carbocycles. The molecule has 0 aliphatic carbocycles. The molecule has 96 valence electrons. The lowest BCUT2D eigenvalue weighted by Crippen LogP contribution is -2.23. The van der Waals surface area contributed by atoms with Gasteiger partial charge >= 0.3 is 0 Å². The first kappa shape index (κ1) is 13.8. The molecular weight excluding hydrogens is 214 g/mol. The van der Waals surface area contributed by atoms with E-state index < -0.39 is 0 Å². The van der Waals surface area contributed by atoms with Gasteiger partial charge in [-0.1, -0.05) is 13.8 Å². The molecule has 1 rings (SSSR count). The molecule has 4 N–H and O–H groups in total. The number of hydrogen-bond acceptors (Lipinski definition) is 4. The van der Waals surface area contributed by atoms with Crippen molar-refractivity contribution in [2.24, 2.45) is 5.41 Å². The zero-order valence-corrected chi connectivity index (χ0v) is 11.0. The van der Waals surface area contributed by atoms with Crippen LogP contribution in [0.25, 0.3) is 0 Å². The van der Waals surface area contributed by atoms with Gasteiger partial charge in [-0.2, -0.15) is 0 Å². The second-order valence-corrected chi connectivity index (χ2v) is 5.22. The fourth-order valence-electron chi connectivity index (χ4n) is 1.65. The third-order valence-electron chi connectivity index (χ3n) is 2.89. The average Bonchev–Trinajstić information content (AvgIpc) is 2.28. The average molecular weight is 237 g/mol. The highest BCUT2D eigenvalue weighted by atomic mass is 16.2. The molecule has 0 fully saturated rings. The zero-order valence-electron chi connectivity index (χ0n) is 11.0. The van der Waals surface area contributed by atoms with E-state index in [0.717, 1.165) is 36.6 Å². The van der Waals surface area contributed by atoms with E-state index in [1.807, 2.05) is 19.1 Å². The summed E-state index contributed by atoms with van der Waals surface area (Å²) in [6.45, 7) is 7.35. The van der Waals surface area contributed by atoms with Crippen LogP contribution in [0.15, 0.2) is 12.1 Å². The number of pyridine rings is 1. The van der Waals surface area contributed by atoms with Crippen molar-refractivity contribution in [3.63, 3.8) is 0 Å². The van der Waals surface area contributed by atoms with Gasteiger partial charge in [0.15, 0.2) is 0 Å². The normalized spacial score (nSPS) is 11.5. The van der Waals surface area contributed by atoms with Crippen molar-refractivity contribution in [1.82, 2.24) is 4.98 Å². The standard InChI is InChI=1S/C13H23N3O/c1-10-11(14)5-6-12(16-10)15-9-13(2,3)7-4-8-17/h5-6,17H,4,7-9,14H2,1-3H3,(H,15,16). The first-order valence-electron chi connectivity index (χ1n) is 6.02. The molecule has 4 heteroatoms. The summed E-state index contributed by atoms with van der Waals surface area (Å²) in [5, 5.41) is 12.1.